The molecule has 1 aromatic heterocycles. The predicted octanol–water partition coefficient (Wildman–Crippen LogP) is 2.63. The van der Waals surface area contributed by atoms with Crippen LogP contribution in [-0.2, 0) is 5.41 Å². The molecule has 2 heteroatoms. The molecule has 0 amide bonds. The van der Waals surface area contributed by atoms with Crippen molar-refractivity contribution in [3.05, 3.63) is 29.6 Å². The van der Waals surface area contributed by atoms with Crippen molar-refractivity contribution < 1.29 is 9.94 Å². The summed E-state index contributed by atoms with van der Waals surface area (Å²) in [6.45, 7) is 10.5. The van der Waals surface area contributed by atoms with Gasteiger partial charge in [-0.05, 0) is 12.0 Å². The number of nitrogens with zero attached hydrogens (tertiary/aromatic N) is 1. The zero-order valence-electron chi connectivity index (χ0n) is 9.70. The molecule has 0 saturated heterocycles. The molecule has 1 rings (SSSR count). The van der Waals surface area contributed by atoms with Crippen LogP contribution in [0.1, 0.15) is 51.8 Å². The van der Waals surface area contributed by atoms with Crippen molar-refractivity contribution in [2.45, 2.75) is 46.0 Å². The number of hydrogen-bond acceptors (Lipinski definition) is 1. The van der Waals surface area contributed by atoms with Gasteiger partial charge in [0, 0.05) is 16.4 Å². The fourth-order valence-electron chi connectivity index (χ4n) is 1.44. The first-order valence-corrected chi connectivity index (χ1v) is 5.07. The van der Waals surface area contributed by atoms with Crippen molar-refractivity contribution >= 4 is 0 Å². The molecule has 2 nitrogen and oxygen atoms in total. The Morgan fingerprint density at radius 3 is 2.14 bits per heavy atom. The van der Waals surface area contributed by atoms with E-state index >= 15 is 0 Å². The maximum absolute atomic E-state index is 9.79. The van der Waals surface area contributed by atoms with Gasteiger partial charge >= 0.3 is 0 Å². The topological polar surface area (TPSA) is 24.1 Å². The van der Waals surface area contributed by atoms with Crippen LogP contribution in [0.2, 0.25) is 0 Å². The SMILES string of the molecule is CC(C)c1ccc(C(C)(C)C)[n+](O)c1. The number of hydrogen-bond donors (Lipinski definition) is 1. The molecule has 0 aromatic carbocycles. The highest BCUT2D eigenvalue weighted by molar-refractivity contribution is 5.16. The van der Waals surface area contributed by atoms with Crippen LogP contribution in [0, 0.1) is 0 Å². The van der Waals surface area contributed by atoms with E-state index in [1.807, 2.05) is 6.07 Å². The van der Waals surface area contributed by atoms with Gasteiger partial charge in [-0.15, -0.1) is 0 Å². The molecule has 0 fully saturated rings. The molecule has 1 heterocycles. The van der Waals surface area contributed by atoms with Crippen molar-refractivity contribution in [1.29, 1.82) is 0 Å². The second-order valence-corrected chi connectivity index (χ2v) is 5.10. The van der Waals surface area contributed by atoms with E-state index in [0.717, 1.165) is 11.3 Å². The smallest absolute Gasteiger partial charge is 0.239 e. The first-order valence-electron chi connectivity index (χ1n) is 5.07. The summed E-state index contributed by atoms with van der Waals surface area (Å²) in [5.41, 5.74) is 2.06. The minimum atomic E-state index is -0.0236. The molecular weight excluding hydrogens is 174 g/mol. The van der Waals surface area contributed by atoms with Crippen LogP contribution in [0.3, 0.4) is 0 Å². The van der Waals surface area contributed by atoms with E-state index in [0.29, 0.717) is 5.92 Å². The molecule has 1 aromatic rings. The van der Waals surface area contributed by atoms with Gasteiger partial charge in [-0.3, -0.25) is 5.21 Å². The third-order valence-corrected chi connectivity index (χ3v) is 2.39. The fraction of sp³-hybridized carbons (Fsp3) is 0.583. The van der Waals surface area contributed by atoms with Crippen molar-refractivity contribution in [3.63, 3.8) is 0 Å². The molecule has 78 valence electrons. The first kappa shape index (κ1) is 11.0. The Morgan fingerprint density at radius 2 is 1.79 bits per heavy atom. The highest BCUT2D eigenvalue weighted by Crippen LogP contribution is 2.20. The van der Waals surface area contributed by atoms with Crippen molar-refractivity contribution in [2.24, 2.45) is 0 Å². The van der Waals surface area contributed by atoms with Gasteiger partial charge in [0.15, 0.2) is 0 Å². The molecule has 0 saturated carbocycles. The van der Waals surface area contributed by atoms with Crippen LogP contribution in [-0.4, -0.2) is 5.21 Å². The normalized spacial score (nSPS) is 12.1. The molecular formula is C12H20NO+. The Morgan fingerprint density at radius 1 is 1.21 bits per heavy atom. The van der Waals surface area contributed by atoms with Gasteiger partial charge in [0.1, 0.15) is 0 Å². The molecule has 0 bridgehead atoms. The predicted molar refractivity (Wildman–Crippen MR) is 56.6 cm³/mol. The van der Waals surface area contributed by atoms with Crippen LogP contribution in [0.15, 0.2) is 18.3 Å². The van der Waals surface area contributed by atoms with Crippen molar-refractivity contribution in [3.8, 4) is 0 Å². The molecule has 0 spiro atoms. The van der Waals surface area contributed by atoms with E-state index < -0.39 is 0 Å². The van der Waals surface area contributed by atoms with Gasteiger partial charge in [0.25, 0.3) is 0 Å². The third kappa shape index (κ3) is 2.25. The molecule has 0 aliphatic rings. The van der Waals surface area contributed by atoms with Gasteiger partial charge < -0.3 is 0 Å². The second kappa shape index (κ2) is 3.60. The summed E-state index contributed by atoms with van der Waals surface area (Å²) in [7, 11) is 0. The third-order valence-electron chi connectivity index (χ3n) is 2.39. The molecule has 14 heavy (non-hydrogen) atoms. The van der Waals surface area contributed by atoms with Gasteiger partial charge in [-0.1, -0.05) is 34.6 Å². The highest BCUT2D eigenvalue weighted by atomic mass is 16.5. The van der Waals surface area contributed by atoms with Gasteiger partial charge in [-0.2, -0.15) is 0 Å². The Hall–Kier alpha value is -1.05. The Kier molecular flexibility index (Phi) is 2.84. The fourth-order valence-corrected chi connectivity index (χ4v) is 1.44. The molecule has 0 aliphatic heterocycles. The summed E-state index contributed by atoms with van der Waals surface area (Å²) in [5, 5.41) is 9.79. The summed E-state index contributed by atoms with van der Waals surface area (Å²) >= 11 is 0. The summed E-state index contributed by atoms with van der Waals surface area (Å²) in [6, 6.07) is 4.08. The van der Waals surface area contributed by atoms with E-state index in [2.05, 4.69) is 40.7 Å². The molecule has 0 atom stereocenters. The molecule has 1 N–H and O–H groups in total. The Balaban J connectivity index is 3.15. The number of pyridine rings is 1. The van der Waals surface area contributed by atoms with Crippen molar-refractivity contribution in [2.75, 3.05) is 0 Å². The van der Waals surface area contributed by atoms with Gasteiger partial charge in [0.2, 0.25) is 11.9 Å². The average molecular weight is 194 g/mol. The van der Waals surface area contributed by atoms with E-state index in [1.54, 1.807) is 6.20 Å². The minimum Gasteiger partial charge on any atom is -0.285 e. The van der Waals surface area contributed by atoms with E-state index in [1.165, 1.54) is 4.73 Å². The first-order chi connectivity index (χ1) is 6.32. The Bertz CT molecular complexity index is 324. The lowest BCUT2D eigenvalue weighted by Gasteiger charge is -2.14. The zero-order chi connectivity index (χ0) is 10.9. The number of rotatable bonds is 1. The van der Waals surface area contributed by atoms with Crippen molar-refractivity contribution in [1.82, 2.24) is 0 Å². The van der Waals surface area contributed by atoms with Crippen LogP contribution >= 0.6 is 0 Å². The lowest BCUT2D eigenvalue weighted by molar-refractivity contribution is -0.911. The minimum absolute atomic E-state index is 0.0236. The van der Waals surface area contributed by atoms with Crippen LogP contribution in [0.4, 0.5) is 0 Å². The Labute approximate surface area is 86.2 Å². The standard InChI is InChI=1S/C12H20NO/c1-9(2)10-6-7-11(12(3,4)5)13(14)8-10/h6-9,14H,1-5H3/q+1. The lowest BCUT2D eigenvalue weighted by Crippen LogP contribution is -2.41. The summed E-state index contributed by atoms with van der Waals surface area (Å²) in [6.07, 6.45) is 1.80. The van der Waals surface area contributed by atoms with Crippen LogP contribution in [0.5, 0.6) is 0 Å². The number of aromatic nitrogens is 1. The molecule has 0 radical (unpaired) electrons. The van der Waals surface area contributed by atoms with Gasteiger partial charge in [-0.25, -0.2) is 0 Å². The molecule has 0 unspecified atom stereocenters. The summed E-state index contributed by atoms with van der Waals surface area (Å²) < 4.78 is 1.25. The zero-order valence-corrected chi connectivity index (χ0v) is 9.70. The van der Waals surface area contributed by atoms with E-state index in [4.69, 9.17) is 0 Å². The summed E-state index contributed by atoms with van der Waals surface area (Å²) in [4.78, 5) is 0. The van der Waals surface area contributed by atoms with E-state index in [-0.39, 0.29) is 5.41 Å². The van der Waals surface area contributed by atoms with Crippen LogP contribution < -0.4 is 4.73 Å². The average Bonchev–Trinajstić information content (AvgIpc) is 2.01. The van der Waals surface area contributed by atoms with E-state index in [9.17, 15) is 5.21 Å². The second-order valence-electron chi connectivity index (χ2n) is 5.10. The quantitative estimate of drug-likeness (QED) is 0.539. The van der Waals surface area contributed by atoms with Crippen LogP contribution in [0.25, 0.3) is 0 Å². The highest BCUT2D eigenvalue weighted by Gasteiger charge is 2.26. The molecule has 0 aliphatic carbocycles. The maximum atomic E-state index is 9.79. The van der Waals surface area contributed by atoms with Gasteiger partial charge in [0.05, 0.1) is 5.41 Å². The monoisotopic (exact) mass is 194 g/mol. The lowest BCUT2D eigenvalue weighted by atomic mass is 9.91. The maximum Gasteiger partial charge on any atom is 0.239 e. The summed E-state index contributed by atoms with van der Waals surface area (Å²) in [5.74, 6) is 0.447. The largest absolute Gasteiger partial charge is 0.285 e.